The molecule has 2 N–H and O–H groups in total. The maximum atomic E-state index is 12.1. The van der Waals surface area contributed by atoms with Crippen LogP contribution in [0.15, 0.2) is 18.2 Å². The number of carbonyl (C=O) groups is 2. The lowest BCUT2D eigenvalue weighted by Gasteiger charge is -2.12. The maximum Gasteiger partial charge on any atom is 0.303 e. The van der Waals surface area contributed by atoms with Gasteiger partial charge in [-0.3, -0.25) is 9.59 Å². The van der Waals surface area contributed by atoms with Crippen LogP contribution in [0.4, 0.5) is 0 Å². The average molecular weight is 277 g/mol. The van der Waals surface area contributed by atoms with E-state index >= 15 is 0 Å². The molecule has 20 heavy (non-hydrogen) atoms. The van der Waals surface area contributed by atoms with Crippen LogP contribution in [0.1, 0.15) is 47.7 Å². The Bertz CT molecular complexity index is 483. The quantitative estimate of drug-likeness (QED) is 0.805. The van der Waals surface area contributed by atoms with E-state index in [1.165, 1.54) is 0 Å². The second kappa shape index (κ2) is 7.68. The first-order valence-electron chi connectivity index (χ1n) is 6.98. The van der Waals surface area contributed by atoms with Crippen LogP contribution in [0, 0.1) is 19.8 Å². The van der Waals surface area contributed by atoms with E-state index in [4.69, 9.17) is 5.11 Å². The topological polar surface area (TPSA) is 66.4 Å². The van der Waals surface area contributed by atoms with E-state index in [0.29, 0.717) is 24.4 Å². The fourth-order valence-electron chi connectivity index (χ4n) is 2.04. The molecule has 0 aliphatic rings. The number of benzene rings is 1. The number of carboxylic acid groups (broad SMARTS) is 1. The summed E-state index contributed by atoms with van der Waals surface area (Å²) in [6.07, 6.45) is 1.63. The zero-order valence-corrected chi connectivity index (χ0v) is 12.4. The molecule has 0 saturated carbocycles. The molecule has 0 aliphatic carbocycles. The normalized spacial score (nSPS) is 11.9. The molecule has 0 saturated heterocycles. The first-order valence-corrected chi connectivity index (χ1v) is 6.98. The number of aryl methyl sites for hydroxylation is 1. The van der Waals surface area contributed by atoms with Crippen molar-refractivity contribution in [1.29, 1.82) is 0 Å². The van der Waals surface area contributed by atoms with Gasteiger partial charge in [0.2, 0.25) is 0 Å². The molecule has 1 amide bonds. The predicted molar refractivity (Wildman–Crippen MR) is 78.9 cm³/mol. The van der Waals surface area contributed by atoms with Gasteiger partial charge in [0.05, 0.1) is 0 Å². The molecule has 0 spiro atoms. The molecule has 1 unspecified atom stereocenters. The average Bonchev–Trinajstić information content (AvgIpc) is 2.39. The van der Waals surface area contributed by atoms with E-state index in [2.05, 4.69) is 5.32 Å². The summed E-state index contributed by atoms with van der Waals surface area (Å²) >= 11 is 0. The van der Waals surface area contributed by atoms with Gasteiger partial charge in [-0.2, -0.15) is 0 Å². The van der Waals surface area contributed by atoms with Crippen molar-refractivity contribution in [3.05, 3.63) is 34.9 Å². The van der Waals surface area contributed by atoms with Crippen LogP contribution in [0.5, 0.6) is 0 Å². The molecule has 0 aliphatic heterocycles. The summed E-state index contributed by atoms with van der Waals surface area (Å²) in [6.45, 7) is 6.51. The Kier molecular flexibility index (Phi) is 6.22. The van der Waals surface area contributed by atoms with Crippen molar-refractivity contribution in [3.63, 3.8) is 0 Å². The third-order valence-electron chi connectivity index (χ3n) is 3.62. The molecule has 4 heteroatoms. The number of hydrogen-bond acceptors (Lipinski definition) is 2. The zero-order valence-electron chi connectivity index (χ0n) is 12.4. The van der Waals surface area contributed by atoms with E-state index < -0.39 is 5.97 Å². The van der Waals surface area contributed by atoms with Gasteiger partial charge in [0.15, 0.2) is 0 Å². The van der Waals surface area contributed by atoms with Gasteiger partial charge in [-0.25, -0.2) is 0 Å². The van der Waals surface area contributed by atoms with Gasteiger partial charge in [-0.15, -0.1) is 0 Å². The third kappa shape index (κ3) is 5.03. The molecule has 1 aromatic carbocycles. The summed E-state index contributed by atoms with van der Waals surface area (Å²) in [7, 11) is 0. The van der Waals surface area contributed by atoms with Crippen molar-refractivity contribution in [3.8, 4) is 0 Å². The standard InChI is InChI=1S/C16H23NO3/c1-11(7-8-15(18)19)9-10-17-16(20)14-6-4-5-12(2)13(14)3/h4-6,11H,7-10H2,1-3H3,(H,17,20)(H,18,19). The molecular formula is C16H23NO3. The SMILES string of the molecule is Cc1cccc(C(=O)NCCC(C)CCC(=O)O)c1C. The van der Waals surface area contributed by atoms with Crippen LogP contribution in [-0.2, 0) is 4.79 Å². The Morgan fingerprint density at radius 1 is 1.25 bits per heavy atom. The van der Waals surface area contributed by atoms with Crippen LogP contribution < -0.4 is 5.32 Å². The molecule has 110 valence electrons. The highest BCUT2D eigenvalue weighted by atomic mass is 16.4. The second-order valence-electron chi connectivity index (χ2n) is 5.33. The third-order valence-corrected chi connectivity index (χ3v) is 3.62. The molecular weight excluding hydrogens is 254 g/mol. The van der Waals surface area contributed by atoms with E-state index in [9.17, 15) is 9.59 Å². The largest absolute Gasteiger partial charge is 0.481 e. The molecule has 0 fully saturated rings. The summed E-state index contributed by atoms with van der Waals surface area (Å²) in [5, 5.41) is 11.5. The van der Waals surface area contributed by atoms with Gasteiger partial charge in [-0.05, 0) is 49.8 Å². The lowest BCUT2D eigenvalue weighted by Crippen LogP contribution is -2.26. The minimum atomic E-state index is -0.767. The molecule has 0 radical (unpaired) electrons. The number of amides is 1. The fraction of sp³-hybridized carbons (Fsp3) is 0.500. The lowest BCUT2D eigenvalue weighted by molar-refractivity contribution is -0.137. The van der Waals surface area contributed by atoms with Crippen molar-refractivity contribution in [2.24, 2.45) is 5.92 Å². The van der Waals surface area contributed by atoms with E-state index in [0.717, 1.165) is 17.5 Å². The Balaban J connectivity index is 2.40. The molecule has 0 bridgehead atoms. The maximum absolute atomic E-state index is 12.1. The molecule has 0 heterocycles. The number of rotatable bonds is 7. The minimum Gasteiger partial charge on any atom is -0.481 e. The van der Waals surface area contributed by atoms with Gasteiger partial charge >= 0.3 is 5.97 Å². The highest BCUT2D eigenvalue weighted by molar-refractivity contribution is 5.95. The number of nitrogens with one attached hydrogen (secondary N) is 1. The smallest absolute Gasteiger partial charge is 0.303 e. The second-order valence-corrected chi connectivity index (χ2v) is 5.33. The Morgan fingerprint density at radius 2 is 1.95 bits per heavy atom. The number of carbonyl (C=O) groups excluding carboxylic acids is 1. The van der Waals surface area contributed by atoms with Crippen molar-refractivity contribution in [1.82, 2.24) is 5.32 Å². The van der Waals surface area contributed by atoms with E-state index in [1.54, 1.807) is 0 Å². The molecule has 1 rings (SSSR count). The van der Waals surface area contributed by atoms with Crippen LogP contribution in [0.3, 0.4) is 0 Å². The predicted octanol–water partition coefficient (Wildman–Crippen LogP) is 2.92. The summed E-state index contributed by atoms with van der Waals surface area (Å²) in [6, 6.07) is 5.69. The monoisotopic (exact) mass is 277 g/mol. The van der Waals surface area contributed by atoms with Crippen LogP contribution in [0.25, 0.3) is 0 Å². The first-order chi connectivity index (χ1) is 9.41. The van der Waals surface area contributed by atoms with Crippen LogP contribution >= 0.6 is 0 Å². The summed E-state index contributed by atoms with van der Waals surface area (Å²) in [4.78, 5) is 22.5. The highest BCUT2D eigenvalue weighted by Crippen LogP contribution is 2.13. The summed E-state index contributed by atoms with van der Waals surface area (Å²) in [5.41, 5.74) is 2.82. The Morgan fingerprint density at radius 3 is 2.60 bits per heavy atom. The number of carboxylic acids is 1. The lowest BCUT2D eigenvalue weighted by atomic mass is 10.0. The van der Waals surface area contributed by atoms with Crippen LogP contribution in [0.2, 0.25) is 0 Å². The molecule has 1 aromatic rings. The molecule has 4 nitrogen and oxygen atoms in total. The van der Waals surface area contributed by atoms with Gasteiger partial charge in [0, 0.05) is 18.5 Å². The van der Waals surface area contributed by atoms with Gasteiger partial charge in [0.25, 0.3) is 5.91 Å². The van der Waals surface area contributed by atoms with Crippen molar-refractivity contribution >= 4 is 11.9 Å². The van der Waals surface area contributed by atoms with Crippen LogP contribution in [-0.4, -0.2) is 23.5 Å². The number of hydrogen-bond donors (Lipinski definition) is 2. The van der Waals surface area contributed by atoms with Crippen molar-refractivity contribution in [2.45, 2.75) is 40.0 Å². The van der Waals surface area contributed by atoms with Crippen molar-refractivity contribution in [2.75, 3.05) is 6.54 Å². The van der Waals surface area contributed by atoms with Gasteiger partial charge in [0.1, 0.15) is 0 Å². The minimum absolute atomic E-state index is 0.0587. The fourth-order valence-corrected chi connectivity index (χ4v) is 2.04. The van der Waals surface area contributed by atoms with E-state index in [-0.39, 0.29) is 12.3 Å². The molecule has 1 atom stereocenters. The van der Waals surface area contributed by atoms with E-state index in [1.807, 2.05) is 39.0 Å². The van der Waals surface area contributed by atoms with Crippen molar-refractivity contribution < 1.29 is 14.7 Å². The Labute approximate surface area is 120 Å². The number of aliphatic carboxylic acids is 1. The zero-order chi connectivity index (χ0) is 15.1. The summed E-state index contributed by atoms with van der Waals surface area (Å²) in [5.74, 6) is -0.530. The summed E-state index contributed by atoms with van der Waals surface area (Å²) < 4.78 is 0. The molecule has 0 aromatic heterocycles. The Hall–Kier alpha value is -1.84. The first kappa shape index (κ1) is 16.2. The van der Waals surface area contributed by atoms with Gasteiger partial charge < -0.3 is 10.4 Å². The highest BCUT2D eigenvalue weighted by Gasteiger charge is 2.10. The van der Waals surface area contributed by atoms with Gasteiger partial charge in [-0.1, -0.05) is 19.1 Å².